The van der Waals surface area contributed by atoms with Crippen LogP contribution in [0.25, 0.3) is 11.0 Å². The van der Waals surface area contributed by atoms with Crippen LogP contribution in [0.4, 0.5) is 4.39 Å². The number of rotatable bonds is 4. The molecular weight excluding hydrogens is 417 g/mol. The van der Waals surface area contributed by atoms with Gasteiger partial charge in [-0.2, -0.15) is 0 Å². The third-order valence-corrected chi connectivity index (χ3v) is 5.16. The van der Waals surface area contributed by atoms with E-state index in [9.17, 15) is 19.1 Å². The minimum atomic E-state index is -0.681. The van der Waals surface area contributed by atoms with Gasteiger partial charge in [-0.3, -0.25) is 9.59 Å². The van der Waals surface area contributed by atoms with E-state index in [0.717, 1.165) is 4.47 Å². The summed E-state index contributed by atoms with van der Waals surface area (Å²) in [5.74, 6) is -0.809. The normalized spacial score (nSPS) is 16.2. The molecule has 0 bridgehead atoms. The summed E-state index contributed by atoms with van der Waals surface area (Å²) in [6.07, 6.45) is 0.358. The maximum absolute atomic E-state index is 13.4. The topological polar surface area (TPSA) is 70.8 Å². The predicted molar refractivity (Wildman–Crippen MR) is 101 cm³/mol. The number of carbonyl (C=O) groups excluding carboxylic acids is 1. The number of aliphatic hydroxyl groups excluding tert-OH is 1. The van der Waals surface area contributed by atoms with Crippen molar-refractivity contribution in [1.29, 1.82) is 0 Å². The average Bonchev–Trinajstić information content (AvgIpc) is 2.94. The molecule has 1 amide bonds. The molecule has 7 heteroatoms. The number of halogens is 2. The highest BCUT2D eigenvalue weighted by Crippen LogP contribution is 2.38. The molecule has 1 aromatic heterocycles. The number of amides is 1. The average molecular weight is 432 g/mol. The van der Waals surface area contributed by atoms with Crippen molar-refractivity contribution >= 4 is 32.8 Å². The zero-order valence-electron chi connectivity index (χ0n) is 14.1. The van der Waals surface area contributed by atoms with Crippen LogP contribution < -0.4 is 5.43 Å². The van der Waals surface area contributed by atoms with Gasteiger partial charge >= 0.3 is 0 Å². The van der Waals surface area contributed by atoms with Gasteiger partial charge < -0.3 is 14.4 Å². The Balaban J connectivity index is 1.97. The summed E-state index contributed by atoms with van der Waals surface area (Å²) < 4.78 is 19.9. The monoisotopic (exact) mass is 431 g/mol. The highest BCUT2D eigenvalue weighted by molar-refractivity contribution is 9.10. The van der Waals surface area contributed by atoms with Crippen LogP contribution in [0.5, 0.6) is 0 Å². The summed E-state index contributed by atoms with van der Waals surface area (Å²) >= 11 is 3.35. The molecule has 1 N–H and O–H groups in total. The van der Waals surface area contributed by atoms with Crippen LogP contribution in [0.1, 0.15) is 34.1 Å². The number of fused-ring (bicyclic) bond motifs is 2. The Morgan fingerprint density at radius 1 is 1.15 bits per heavy atom. The second-order valence-corrected chi connectivity index (χ2v) is 7.26. The van der Waals surface area contributed by atoms with E-state index in [1.165, 1.54) is 17.0 Å². The van der Waals surface area contributed by atoms with Crippen LogP contribution in [0.3, 0.4) is 0 Å². The van der Waals surface area contributed by atoms with E-state index < -0.39 is 17.8 Å². The van der Waals surface area contributed by atoms with Crippen molar-refractivity contribution in [3.63, 3.8) is 0 Å². The first-order chi connectivity index (χ1) is 13.0. The maximum atomic E-state index is 13.4. The van der Waals surface area contributed by atoms with E-state index >= 15 is 0 Å². The minimum Gasteiger partial charge on any atom is -0.450 e. The molecule has 1 atom stereocenters. The Kier molecular flexibility index (Phi) is 4.57. The summed E-state index contributed by atoms with van der Waals surface area (Å²) in [5.41, 5.74) is 0.900. The molecule has 3 aromatic rings. The van der Waals surface area contributed by atoms with Gasteiger partial charge in [-0.1, -0.05) is 28.1 Å². The fourth-order valence-corrected chi connectivity index (χ4v) is 3.82. The predicted octanol–water partition coefficient (Wildman–Crippen LogP) is 3.62. The van der Waals surface area contributed by atoms with Crippen molar-refractivity contribution in [3.05, 3.63) is 79.9 Å². The van der Waals surface area contributed by atoms with Gasteiger partial charge in [0.2, 0.25) is 5.76 Å². The minimum absolute atomic E-state index is 0.00193. The molecule has 5 nitrogen and oxygen atoms in total. The first-order valence-electron chi connectivity index (χ1n) is 8.45. The lowest BCUT2D eigenvalue weighted by molar-refractivity contribution is 0.0716. The Morgan fingerprint density at radius 2 is 1.89 bits per heavy atom. The lowest BCUT2D eigenvalue weighted by Gasteiger charge is -2.24. The van der Waals surface area contributed by atoms with Crippen molar-refractivity contribution < 1.29 is 18.7 Å². The SMILES string of the molecule is O=C1c2oc3ccc(Br)cc3c(=O)c2C(c2ccc(F)cc2)N1CCCO. The fourth-order valence-electron chi connectivity index (χ4n) is 3.46. The molecule has 2 aromatic carbocycles. The van der Waals surface area contributed by atoms with Gasteiger partial charge in [0.15, 0.2) is 5.43 Å². The molecular formula is C20H15BrFNO4. The third-order valence-electron chi connectivity index (χ3n) is 4.67. The summed E-state index contributed by atoms with van der Waals surface area (Å²) in [7, 11) is 0. The molecule has 0 fully saturated rings. The molecule has 0 aliphatic carbocycles. The van der Waals surface area contributed by atoms with Gasteiger partial charge in [0.05, 0.1) is 17.0 Å². The highest BCUT2D eigenvalue weighted by atomic mass is 79.9. The number of hydrogen-bond acceptors (Lipinski definition) is 4. The zero-order valence-corrected chi connectivity index (χ0v) is 15.7. The Bertz CT molecular complexity index is 1090. The van der Waals surface area contributed by atoms with E-state index in [2.05, 4.69) is 15.9 Å². The second-order valence-electron chi connectivity index (χ2n) is 6.34. The van der Waals surface area contributed by atoms with E-state index in [0.29, 0.717) is 23.0 Å². The van der Waals surface area contributed by atoms with E-state index in [1.807, 2.05) is 0 Å². The second kappa shape index (κ2) is 6.90. The summed E-state index contributed by atoms with van der Waals surface area (Å²) in [5, 5.41) is 9.55. The van der Waals surface area contributed by atoms with Crippen LogP contribution >= 0.6 is 15.9 Å². The van der Waals surface area contributed by atoms with Crippen LogP contribution in [0, 0.1) is 5.82 Å². The summed E-state index contributed by atoms with van der Waals surface area (Å²) in [6.45, 7) is 0.160. The van der Waals surface area contributed by atoms with Gasteiger partial charge in [0.25, 0.3) is 5.91 Å². The van der Waals surface area contributed by atoms with Gasteiger partial charge in [-0.25, -0.2) is 4.39 Å². The van der Waals surface area contributed by atoms with Crippen LogP contribution in [-0.4, -0.2) is 29.1 Å². The summed E-state index contributed by atoms with van der Waals surface area (Å²) in [4.78, 5) is 27.6. The largest absolute Gasteiger partial charge is 0.450 e. The van der Waals surface area contributed by atoms with E-state index in [1.54, 1.807) is 30.3 Å². The Morgan fingerprint density at radius 3 is 2.59 bits per heavy atom. The van der Waals surface area contributed by atoms with Crippen molar-refractivity contribution in [2.24, 2.45) is 0 Å². The quantitative estimate of drug-likeness (QED) is 0.684. The molecule has 1 aliphatic rings. The van der Waals surface area contributed by atoms with Gasteiger partial charge in [-0.05, 0) is 42.3 Å². The number of nitrogens with zero attached hydrogens (tertiary/aromatic N) is 1. The standard InChI is InChI=1S/C20H15BrFNO4/c21-12-4-7-15-14(10-12)18(25)16-17(11-2-5-13(22)6-3-11)23(8-1-9-24)20(26)19(16)27-15/h2-7,10,17,24H,1,8-9H2. The van der Waals surface area contributed by atoms with Crippen molar-refractivity contribution in [3.8, 4) is 0 Å². The molecule has 27 heavy (non-hydrogen) atoms. The molecule has 2 heterocycles. The first-order valence-corrected chi connectivity index (χ1v) is 9.24. The van der Waals surface area contributed by atoms with E-state index in [-0.39, 0.29) is 29.9 Å². The lowest BCUT2D eigenvalue weighted by atomic mass is 9.98. The van der Waals surface area contributed by atoms with Crippen LogP contribution in [-0.2, 0) is 0 Å². The van der Waals surface area contributed by atoms with Crippen molar-refractivity contribution in [2.75, 3.05) is 13.2 Å². The Labute approximate surface area is 162 Å². The maximum Gasteiger partial charge on any atom is 0.290 e. The number of benzene rings is 2. The van der Waals surface area contributed by atoms with Gasteiger partial charge in [0.1, 0.15) is 11.4 Å². The van der Waals surface area contributed by atoms with Gasteiger partial charge in [0, 0.05) is 17.6 Å². The molecule has 1 unspecified atom stereocenters. The fraction of sp³-hybridized carbons (Fsp3) is 0.200. The molecule has 0 saturated heterocycles. The molecule has 4 rings (SSSR count). The number of aliphatic hydroxyl groups is 1. The van der Waals surface area contributed by atoms with Crippen LogP contribution in [0.2, 0.25) is 0 Å². The lowest BCUT2D eigenvalue weighted by Crippen LogP contribution is -2.31. The van der Waals surface area contributed by atoms with Gasteiger partial charge in [-0.15, -0.1) is 0 Å². The van der Waals surface area contributed by atoms with Crippen molar-refractivity contribution in [1.82, 2.24) is 4.90 Å². The molecule has 0 spiro atoms. The Hall–Kier alpha value is -2.51. The molecule has 0 saturated carbocycles. The number of carbonyl (C=O) groups is 1. The highest BCUT2D eigenvalue weighted by Gasteiger charge is 2.42. The molecule has 138 valence electrons. The van der Waals surface area contributed by atoms with E-state index in [4.69, 9.17) is 4.42 Å². The smallest absolute Gasteiger partial charge is 0.290 e. The first kappa shape index (κ1) is 17.9. The van der Waals surface area contributed by atoms with Crippen LogP contribution in [0.15, 0.2) is 56.1 Å². The molecule has 1 aliphatic heterocycles. The zero-order chi connectivity index (χ0) is 19.1. The molecule has 0 radical (unpaired) electrons. The summed E-state index contributed by atoms with van der Waals surface area (Å²) in [6, 6.07) is 10.0. The third kappa shape index (κ3) is 2.96. The number of hydrogen-bond donors (Lipinski definition) is 1. The van der Waals surface area contributed by atoms with Crippen molar-refractivity contribution in [2.45, 2.75) is 12.5 Å².